The second-order valence-corrected chi connectivity index (χ2v) is 4.83. The molecule has 0 fully saturated rings. The molecule has 1 rings (SSSR count). The van der Waals surface area contributed by atoms with Gasteiger partial charge < -0.3 is 15.0 Å². The number of nitrogens with one attached hydrogen (secondary N) is 1. The van der Waals surface area contributed by atoms with Crippen LogP contribution >= 0.6 is 0 Å². The van der Waals surface area contributed by atoms with E-state index in [4.69, 9.17) is 4.74 Å². The van der Waals surface area contributed by atoms with Crippen molar-refractivity contribution in [1.29, 1.82) is 0 Å². The summed E-state index contributed by atoms with van der Waals surface area (Å²) in [5, 5.41) is 2.84. The Balaban J connectivity index is 2.58. The number of methoxy groups -OCH3 is 1. The van der Waals surface area contributed by atoms with Crippen molar-refractivity contribution < 1.29 is 14.3 Å². The van der Waals surface area contributed by atoms with Gasteiger partial charge >= 0.3 is 0 Å². The molecule has 1 N–H and O–H groups in total. The highest BCUT2D eigenvalue weighted by Crippen LogP contribution is 2.20. The van der Waals surface area contributed by atoms with E-state index >= 15 is 0 Å². The van der Waals surface area contributed by atoms with Gasteiger partial charge in [-0.25, -0.2) is 0 Å². The molecular weight excluding hydrogens is 268 g/mol. The van der Waals surface area contributed by atoms with E-state index in [1.807, 2.05) is 25.1 Å². The quantitative estimate of drug-likeness (QED) is 0.800. The minimum atomic E-state index is -0.0638. The maximum absolute atomic E-state index is 11.8. The summed E-state index contributed by atoms with van der Waals surface area (Å²) in [6, 6.07) is 7.32. The van der Waals surface area contributed by atoms with Crippen molar-refractivity contribution >= 4 is 17.5 Å². The van der Waals surface area contributed by atoms with Crippen LogP contribution in [0, 0.1) is 0 Å². The summed E-state index contributed by atoms with van der Waals surface area (Å²) >= 11 is 0. The maximum atomic E-state index is 11.8. The van der Waals surface area contributed by atoms with Crippen molar-refractivity contribution in [2.24, 2.45) is 0 Å². The topological polar surface area (TPSA) is 58.6 Å². The Bertz CT molecular complexity index is 474. The van der Waals surface area contributed by atoms with E-state index in [0.717, 1.165) is 18.5 Å². The minimum absolute atomic E-state index is 0.0333. The van der Waals surface area contributed by atoms with Crippen LogP contribution in [0.15, 0.2) is 24.3 Å². The maximum Gasteiger partial charge on any atom is 0.223 e. The fourth-order valence-corrected chi connectivity index (χ4v) is 1.98. The van der Waals surface area contributed by atoms with Crippen molar-refractivity contribution in [3.05, 3.63) is 24.3 Å². The average Bonchev–Trinajstić information content (AvgIpc) is 2.49. The van der Waals surface area contributed by atoms with Crippen molar-refractivity contribution in [3.63, 3.8) is 0 Å². The number of nitrogens with zero attached hydrogens (tertiary/aromatic N) is 1. The summed E-state index contributed by atoms with van der Waals surface area (Å²) in [5.41, 5.74) is 0.768. The first kappa shape index (κ1) is 17.0. The minimum Gasteiger partial charge on any atom is -0.497 e. The summed E-state index contributed by atoms with van der Waals surface area (Å²) < 4.78 is 5.16. The van der Waals surface area contributed by atoms with E-state index in [0.29, 0.717) is 25.3 Å². The van der Waals surface area contributed by atoms with E-state index in [2.05, 4.69) is 5.32 Å². The number of benzene rings is 1. The standard InChI is InChI=1S/C16H24N2O3/c1-4-5-9-16(20)17-10-11-18(13(2)19)14-7-6-8-15(12-14)21-3/h6-8,12H,4-5,9-11H2,1-3H3,(H,17,20). The van der Waals surface area contributed by atoms with Crippen LogP contribution in [0.25, 0.3) is 0 Å². The SMILES string of the molecule is CCCCC(=O)NCCN(C(C)=O)c1cccc(OC)c1. The van der Waals surface area contributed by atoms with Crippen LogP contribution < -0.4 is 15.0 Å². The van der Waals surface area contributed by atoms with E-state index in [9.17, 15) is 9.59 Å². The molecule has 5 heteroatoms. The highest BCUT2D eigenvalue weighted by atomic mass is 16.5. The lowest BCUT2D eigenvalue weighted by atomic mass is 10.2. The van der Waals surface area contributed by atoms with Crippen LogP contribution in [0.3, 0.4) is 0 Å². The third kappa shape index (κ3) is 5.85. The summed E-state index contributed by atoms with van der Waals surface area (Å²) in [4.78, 5) is 24.9. The molecule has 2 amide bonds. The molecule has 0 spiro atoms. The number of rotatable bonds is 8. The number of carbonyl (C=O) groups is 2. The second kappa shape index (κ2) is 9.00. The zero-order valence-corrected chi connectivity index (χ0v) is 13.0. The van der Waals surface area contributed by atoms with Crippen LogP contribution in [0.4, 0.5) is 5.69 Å². The van der Waals surface area contributed by atoms with Crippen LogP contribution in [0.5, 0.6) is 5.75 Å². The molecule has 0 aliphatic carbocycles. The van der Waals surface area contributed by atoms with Crippen molar-refractivity contribution in [1.82, 2.24) is 5.32 Å². The van der Waals surface area contributed by atoms with Crippen LogP contribution in [0.2, 0.25) is 0 Å². The summed E-state index contributed by atoms with van der Waals surface area (Å²) in [5.74, 6) is 0.669. The first-order valence-corrected chi connectivity index (χ1v) is 7.27. The Morgan fingerprint density at radius 3 is 2.71 bits per heavy atom. The van der Waals surface area contributed by atoms with Crippen molar-refractivity contribution in [3.8, 4) is 5.75 Å². The molecule has 5 nitrogen and oxygen atoms in total. The van der Waals surface area contributed by atoms with E-state index in [1.165, 1.54) is 6.92 Å². The number of anilines is 1. The first-order valence-electron chi connectivity index (χ1n) is 7.27. The number of unbranched alkanes of at least 4 members (excludes halogenated alkanes) is 1. The van der Waals surface area contributed by atoms with Crippen LogP contribution in [0.1, 0.15) is 33.1 Å². The predicted molar refractivity (Wildman–Crippen MR) is 83.6 cm³/mol. The molecule has 0 aliphatic rings. The second-order valence-electron chi connectivity index (χ2n) is 4.83. The van der Waals surface area contributed by atoms with E-state index < -0.39 is 0 Å². The van der Waals surface area contributed by atoms with Crippen molar-refractivity contribution in [2.75, 3.05) is 25.1 Å². The lowest BCUT2D eigenvalue weighted by molar-refractivity contribution is -0.121. The monoisotopic (exact) mass is 292 g/mol. The highest BCUT2D eigenvalue weighted by molar-refractivity contribution is 5.91. The number of amides is 2. The molecule has 21 heavy (non-hydrogen) atoms. The third-order valence-electron chi connectivity index (χ3n) is 3.16. The first-order chi connectivity index (χ1) is 10.1. The highest BCUT2D eigenvalue weighted by Gasteiger charge is 2.12. The Hall–Kier alpha value is -2.04. The Morgan fingerprint density at radius 1 is 1.33 bits per heavy atom. The molecule has 0 unspecified atom stereocenters. The summed E-state index contributed by atoms with van der Waals surface area (Å²) in [6.07, 6.45) is 2.42. The summed E-state index contributed by atoms with van der Waals surface area (Å²) in [7, 11) is 1.59. The average molecular weight is 292 g/mol. The van der Waals surface area contributed by atoms with Gasteiger partial charge in [0.15, 0.2) is 0 Å². The van der Waals surface area contributed by atoms with Crippen molar-refractivity contribution in [2.45, 2.75) is 33.1 Å². The van der Waals surface area contributed by atoms with E-state index in [1.54, 1.807) is 18.1 Å². The molecule has 116 valence electrons. The Kier molecular flexibility index (Phi) is 7.29. The van der Waals surface area contributed by atoms with Gasteiger partial charge in [0.05, 0.1) is 7.11 Å². The smallest absolute Gasteiger partial charge is 0.223 e. The van der Waals surface area contributed by atoms with Gasteiger partial charge in [0.1, 0.15) is 5.75 Å². The zero-order valence-electron chi connectivity index (χ0n) is 13.0. The van der Waals surface area contributed by atoms with Gasteiger partial charge in [0.2, 0.25) is 11.8 Å². The van der Waals surface area contributed by atoms with Gasteiger partial charge in [0.25, 0.3) is 0 Å². The molecule has 0 saturated heterocycles. The van der Waals surface area contributed by atoms with Gasteiger partial charge in [-0.3, -0.25) is 9.59 Å². The predicted octanol–water partition coefficient (Wildman–Crippen LogP) is 2.35. The van der Waals surface area contributed by atoms with Gasteiger partial charge in [-0.15, -0.1) is 0 Å². The lowest BCUT2D eigenvalue weighted by Gasteiger charge is -2.22. The molecule has 0 aliphatic heterocycles. The molecule has 0 radical (unpaired) electrons. The molecule has 1 aromatic carbocycles. The van der Waals surface area contributed by atoms with E-state index in [-0.39, 0.29) is 11.8 Å². The Labute approximate surface area is 126 Å². The molecule has 0 heterocycles. The molecule has 0 atom stereocenters. The van der Waals surface area contributed by atoms with Gasteiger partial charge in [-0.2, -0.15) is 0 Å². The Morgan fingerprint density at radius 2 is 2.10 bits per heavy atom. The molecule has 0 bridgehead atoms. The van der Waals surface area contributed by atoms with Crippen LogP contribution in [-0.2, 0) is 9.59 Å². The number of hydrogen-bond donors (Lipinski definition) is 1. The normalized spacial score (nSPS) is 10.0. The third-order valence-corrected chi connectivity index (χ3v) is 3.16. The fourth-order valence-electron chi connectivity index (χ4n) is 1.98. The number of carbonyl (C=O) groups excluding carboxylic acids is 2. The molecular formula is C16H24N2O3. The number of hydrogen-bond acceptors (Lipinski definition) is 3. The largest absolute Gasteiger partial charge is 0.497 e. The molecule has 0 aromatic heterocycles. The fraction of sp³-hybridized carbons (Fsp3) is 0.500. The van der Waals surface area contributed by atoms with Gasteiger partial charge in [0, 0.05) is 38.2 Å². The van der Waals surface area contributed by atoms with Gasteiger partial charge in [-0.05, 0) is 18.6 Å². The molecule has 0 saturated carbocycles. The number of ether oxygens (including phenoxy) is 1. The lowest BCUT2D eigenvalue weighted by Crippen LogP contribution is -2.37. The van der Waals surface area contributed by atoms with Crippen LogP contribution in [-0.4, -0.2) is 32.0 Å². The van der Waals surface area contributed by atoms with Gasteiger partial charge in [-0.1, -0.05) is 19.4 Å². The molecule has 1 aromatic rings. The summed E-state index contributed by atoms with van der Waals surface area (Å²) in [6.45, 7) is 4.45. The zero-order chi connectivity index (χ0) is 15.7.